The molecule has 1 saturated heterocycles. The molecule has 2 aromatic rings. The number of hydrogen-bond donors (Lipinski definition) is 1. The molecule has 6 heteroatoms. The summed E-state index contributed by atoms with van der Waals surface area (Å²) in [6, 6.07) is 6.39. The maximum absolute atomic E-state index is 13.2. The monoisotopic (exact) mass is 356 g/mol. The van der Waals surface area contributed by atoms with Crippen molar-refractivity contribution in [2.45, 2.75) is 38.6 Å². The Morgan fingerprint density at radius 3 is 2.62 bits per heavy atom. The first-order valence-corrected chi connectivity index (χ1v) is 9.34. The van der Waals surface area contributed by atoms with Crippen molar-refractivity contribution >= 4 is 5.91 Å². The smallest absolute Gasteiger partial charge is 0.257 e. The molecule has 1 aliphatic carbocycles. The molecule has 3 atom stereocenters. The number of hydrogen-bond acceptors (Lipinski definition) is 3. The zero-order valence-electron chi connectivity index (χ0n) is 15.2. The molecular formula is C20H25FN4O. The van der Waals surface area contributed by atoms with E-state index < -0.39 is 0 Å². The number of benzene rings is 1. The van der Waals surface area contributed by atoms with E-state index in [0.717, 1.165) is 37.3 Å². The van der Waals surface area contributed by atoms with Gasteiger partial charge >= 0.3 is 0 Å². The van der Waals surface area contributed by atoms with Crippen LogP contribution in [0.5, 0.6) is 0 Å². The van der Waals surface area contributed by atoms with Crippen LogP contribution < -0.4 is 5.73 Å². The molecule has 138 valence electrons. The lowest BCUT2D eigenvalue weighted by molar-refractivity contribution is 0.0778. The van der Waals surface area contributed by atoms with Crippen LogP contribution in [0.1, 0.15) is 48.7 Å². The predicted octanol–water partition coefficient (Wildman–Crippen LogP) is 2.94. The minimum absolute atomic E-state index is 0.0312. The van der Waals surface area contributed by atoms with Crippen LogP contribution >= 0.6 is 0 Å². The van der Waals surface area contributed by atoms with E-state index >= 15 is 0 Å². The van der Waals surface area contributed by atoms with E-state index in [9.17, 15) is 9.18 Å². The first-order chi connectivity index (χ1) is 12.5. The zero-order valence-corrected chi connectivity index (χ0v) is 15.2. The number of carbonyl (C=O) groups is 1. The van der Waals surface area contributed by atoms with E-state index in [1.165, 1.54) is 12.1 Å². The fourth-order valence-electron chi connectivity index (χ4n) is 4.51. The highest BCUT2D eigenvalue weighted by Gasteiger charge is 2.43. The van der Waals surface area contributed by atoms with Gasteiger partial charge in [-0.1, -0.05) is 13.8 Å². The van der Waals surface area contributed by atoms with Gasteiger partial charge in [0.25, 0.3) is 5.91 Å². The number of amides is 1. The highest BCUT2D eigenvalue weighted by molar-refractivity contribution is 5.95. The number of nitrogens with zero attached hydrogens (tertiary/aromatic N) is 3. The molecule has 26 heavy (non-hydrogen) atoms. The van der Waals surface area contributed by atoms with Crippen molar-refractivity contribution < 1.29 is 9.18 Å². The van der Waals surface area contributed by atoms with Crippen molar-refractivity contribution in [1.29, 1.82) is 0 Å². The van der Waals surface area contributed by atoms with Crippen LogP contribution in [0, 0.1) is 17.7 Å². The molecule has 4 rings (SSSR count). The summed E-state index contributed by atoms with van der Waals surface area (Å²) >= 11 is 0. The quantitative estimate of drug-likeness (QED) is 0.920. The fourth-order valence-corrected chi connectivity index (χ4v) is 4.51. The molecular weight excluding hydrogens is 331 g/mol. The molecule has 3 unspecified atom stereocenters. The average molecular weight is 356 g/mol. The van der Waals surface area contributed by atoms with Gasteiger partial charge in [0.15, 0.2) is 0 Å². The number of halogens is 1. The molecule has 2 heterocycles. The molecule has 0 bridgehead atoms. The van der Waals surface area contributed by atoms with Gasteiger partial charge in [-0.25, -0.2) is 9.07 Å². The van der Waals surface area contributed by atoms with Crippen LogP contribution in [0.25, 0.3) is 5.69 Å². The lowest BCUT2D eigenvalue weighted by atomic mass is 9.98. The Hall–Kier alpha value is -2.21. The summed E-state index contributed by atoms with van der Waals surface area (Å²) in [6.07, 6.45) is 3.83. The lowest BCUT2D eigenvalue weighted by Crippen LogP contribution is -2.33. The Bertz CT molecular complexity index is 814. The van der Waals surface area contributed by atoms with Crippen molar-refractivity contribution in [2.24, 2.45) is 17.6 Å². The summed E-state index contributed by atoms with van der Waals surface area (Å²) in [5, 5.41) is 4.44. The number of likely N-dealkylation sites (tertiary alicyclic amines) is 1. The molecule has 1 aromatic carbocycles. The van der Waals surface area contributed by atoms with E-state index in [-0.39, 0.29) is 23.7 Å². The molecule has 2 N–H and O–H groups in total. The summed E-state index contributed by atoms with van der Waals surface area (Å²) < 4.78 is 15.0. The molecule has 1 aromatic heterocycles. The third-order valence-corrected chi connectivity index (χ3v) is 5.85. The largest absolute Gasteiger partial charge is 0.338 e. The van der Waals surface area contributed by atoms with Crippen LogP contribution in [-0.2, 0) is 0 Å². The zero-order chi connectivity index (χ0) is 18.4. The first kappa shape index (κ1) is 17.2. The van der Waals surface area contributed by atoms with E-state index in [1.54, 1.807) is 23.0 Å². The van der Waals surface area contributed by atoms with Gasteiger partial charge in [-0.15, -0.1) is 0 Å². The van der Waals surface area contributed by atoms with Crippen LogP contribution in [0.4, 0.5) is 4.39 Å². The van der Waals surface area contributed by atoms with Gasteiger partial charge in [0, 0.05) is 19.1 Å². The molecule has 1 amide bonds. The van der Waals surface area contributed by atoms with Gasteiger partial charge < -0.3 is 10.6 Å². The Morgan fingerprint density at radius 2 is 1.96 bits per heavy atom. The summed E-state index contributed by atoms with van der Waals surface area (Å²) in [7, 11) is 0. The highest BCUT2D eigenvalue weighted by atomic mass is 19.1. The van der Waals surface area contributed by atoms with Crippen LogP contribution in [0.2, 0.25) is 0 Å². The molecule has 2 fully saturated rings. The summed E-state index contributed by atoms with van der Waals surface area (Å²) in [5.74, 6) is 0.815. The molecule has 0 radical (unpaired) electrons. The van der Waals surface area contributed by atoms with Gasteiger partial charge in [0.2, 0.25) is 0 Å². The molecule has 5 nitrogen and oxygen atoms in total. The molecule has 0 spiro atoms. The molecule has 1 aliphatic heterocycles. The van der Waals surface area contributed by atoms with Crippen molar-refractivity contribution in [3.8, 4) is 5.69 Å². The minimum Gasteiger partial charge on any atom is -0.338 e. The maximum Gasteiger partial charge on any atom is 0.257 e. The van der Waals surface area contributed by atoms with E-state index in [2.05, 4.69) is 5.10 Å². The second-order valence-electron chi connectivity index (χ2n) is 7.86. The van der Waals surface area contributed by atoms with Crippen LogP contribution in [0.15, 0.2) is 30.5 Å². The van der Waals surface area contributed by atoms with Crippen LogP contribution in [0.3, 0.4) is 0 Å². The van der Waals surface area contributed by atoms with E-state index in [1.807, 2.05) is 18.7 Å². The fraction of sp³-hybridized carbons (Fsp3) is 0.500. The van der Waals surface area contributed by atoms with E-state index in [0.29, 0.717) is 17.4 Å². The minimum atomic E-state index is -0.289. The SMILES string of the molecule is CC(C)c1c(C(=O)N2CC3CCC(N)C3C2)cnn1-c1ccc(F)cc1. The Labute approximate surface area is 153 Å². The van der Waals surface area contributed by atoms with Crippen molar-refractivity contribution in [2.75, 3.05) is 13.1 Å². The number of nitrogens with two attached hydrogens (primary N) is 1. The van der Waals surface area contributed by atoms with Gasteiger partial charge in [0.05, 0.1) is 23.1 Å². The Kier molecular flexibility index (Phi) is 4.31. The third-order valence-electron chi connectivity index (χ3n) is 5.85. The van der Waals surface area contributed by atoms with E-state index in [4.69, 9.17) is 5.73 Å². The number of fused-ring (bicyclic) bond motifs is 1. The number of rotatable bonds is 3. The van der Waals surface area contributed by atoms with Gasteiger partial charge in [-0.3, -0.25) is 4.79 Å². The second-order valence-corrected chi connectivity index (χ2v) is 7.86. The Balaban J connectivity index is 1.64. The highest BCUT2D eigenvalue weighted by Crippen LogP contribution is 2.38. The summed E-state index contributed by atoms with van der Waals surface area (Å²) in [5.41, 5.74) is 8.47. The molecule has 2 aliphatic rings. The van der Waals surface area contributed by atoms with Crippen LogP contribution in [-0.4, -0.2) is 39.7 Å². The lowest BCUT2D eigenvalue weighted by Gasteiger charge is -2.20. The third kappa shape index (κ3) is 2.82. The Morgan fingerprint density at radius 1 is 1.23 bits per heavy atom. The maximum atomic E-state index is 13.2. The topological polar surface area (TPSA) is 64.2 Å². The molecule has 1 saturated carbocycles. The summed E-state index contributed by atoms with van der Waals surface area (Å²) in [6.45, 7) is 5.62. The standard InChI is InChI=1S/C20H25FN4O/c1-12(2)19-16(9-23-25(19)15-6-4-14(21)5-7-15)20(26)24-10-13-3-8-18(22)17(13)11-24/h4-7,9,12-13,17-18H,3,8,10-11,22H2,1-2H3. The van der Waals surface area contributed by atoms with Crippen molar-refractivity contribution in [1.82, 2.24) is 14.7 Å². The van der Waals surface area contributed by atoms with Crippen molar-refractivity contribution in [3.63, 3.8) is 0 Å². The predicted molar refractivity (Wildman–Crippen MR) is 97.7 cm³/mol. The second kappa shape index (κ2) is 6.50. The normalized spacial score (nSPS) is 25.1. The first-order valence-electron chi connectivity index (χ1n) is 9.34. The summed E-state index contributed by atoms with van der Waals surface area (Å²) in [4.78, 5) is 15.1. The van der Waals surface area contributed by atoms with Gasteiger partial charge in [0.1, 0.15) is 5.82 Å². The van der Waals surface area contributed by atoms with Gasteiger partial charge in [-0.05, 0) is 54.9 Å². The van der Waals surface area contributed by atoms with Crippen molar-refractivity contribution in [3.05, 3.63) is 47.5 Å². The average Bonchev–Trinajstić information content (AvgIpc) is 3.31. The van der Waals surface area contributed by atoms with Gasteiger partial charge in [-0.2, -0.15) is 5.10 Å². The number of aromatic nitrogens is 2. The number of carbonyl (C=O) groups excluding carboxylic acids is 1.